The van der Waals surface area contributed by atoms with Gasteiger partial charge in [0.25, 0.3) is 5.56 Å². The first-order valence-electron chi connectivity index (χ1n) is 8.76. The number of phenols is 1. The molecule has 2 aromatic carbocycles. The van der Waals surface area contributed by atoms with Crippen LogP contribution in [0.4, 0.5) is 11.6 Å². The van der Waals surface area contributed by atoms with Gasteiger partial charge in [0.15, 0.2) is 0 Å². The van der Waals surface area contributed by atoms with E-state index in [1.54, 1.807) is 30.0 Å². The van der Waals surface area contributed by atoms with Crippen molar-refractivity contribution in [1.82, 2.24) is 30.4 Å². The fourth-order valence-corrected chi connectivity index (χ4v) is 3.51. The highest BCUT2D eigenvalue weighted by Gasteiger charge is 2.34. The van der Waals surface area contributed by atoms with Crippen LogP contribution < -0.4 is 15.6 Å². The molecule has 29 heavy (non-hydrogen) atoms. The number of aromatic hydroxyl groups is 1. The Balaban J connectivity index is 1.79. The molecule has 2 aromatic heterocycles. The lowest BCUT2D eigenvalue weighted by molar-refractivity contribution is 0.415. The first-order chi connectivity index (χ1) is 14.2. The number of anilines is 2. The van der Waals surface area contributed by atoms with Gasteiger partial charge in [-0.1, -0.05) is 17.2 Å². The van der Waals surface area contributed by atoms with E-state index < -0.39 is 11.6 Å². The SMILES string of the molecule is COc1ccc(-c2n[nH]c(=O)c3c2[C@@H](c2cccc(O)c2)n2nnnc2N3)cc1. The lowest BCUT2D eigenvalue weighted by Gasteiger charge is -2.27. The molecule has 1 atom stereocenters. The van der Waals surface area contributed by atoms with Crippen LogP contribution in [0.2, 0.25) is 0 Å². The molecule has 1 aliphatic heterocycles. The van der Waals surface area contributed by atoms with Gasteiger partial charge in [0.1, 0.15) is 23.2 Å². The molecule has 0 saturated heterocycles. The van der Waals surface area contributed by atoms with E-state index in [-0.39, 0.29) is 5.75 Å². The molecular weight excluding hydrogens is 374 g/mol. The first kappa shape index (κ1) is 16.9. The van der Waals surface area contributed by atoms with E-state index in [1.165, 1.54) is 0 Å². The van der Waals surface area contributed by atoms with Crippen LogP contribution in [-0.2, 0) is 0 Å². The van der Waals surface area contributed by atoms with Crippen LogP contribution in [0.25, 0.3) is 11.3 Å². The molecule has 144 valence electrons. The van der Waals surface area contributed by atoms with E-state index in [0.29, 0.717) is 34.2 Å². The van der Waals surface area contributed by atoms with Crippen LogP contribution in [0.3, 0.4) is 0 Å². The Morgan fingerprint density at radius 1 is 1.17 bits per heavy atom. The second kappa shape index (κ2) is 6.44. The Morgan fingerprint density at radius 3 is 2.76 bits per heavy atom. The number of phenolic OH excluding ortho intramolecular Hbond substituents is 1. The summed E-state index contributed by atoms with van der Waals surface area (Å²) in [6, 6.07) is 13.5. The molecule has 4 aromatic rings. The lowest BCUT2D eigenvalue weighted by Crippen LogP contribution is -2.29. The summed E-state index contributed by atoms with van der Waals surface area (Å²) in [5, 5.41) is 31.6. The van der Waals surface area contributed by atoms with Crippen molar-refractivity contribution in [2.45, 2.75) is 6.04 Å². The molecule has 3 N–H and O–H groups in total. The van der Waals surface area contributed by atoms with Gasteiger partial charge in [-0.25, -0.2) is 5.10 Å². The van der Waals surface area contributed by atoms with Crippen LogP contribution in [0, 0.1) is 0 Å². The zero-order valence-corrected chi connectivity index (χ0v) is 15.2. The van der Waals surface area contributed by atoms with Gasteiger partial charge < -0.3 is 15.2 Å². The lowest BCUT2D eigenvalue weighted by atomic mass is 9.92. The monoisotopic (exact) mass is 389 g/mol. The van der Waals surface area contributed by atoms with Gasteiger partial charge in [0.05, 0.1) is 12.8 Å². The van der Waals surface area contributed by atoms with E-state index in [2.05, 4.69) is 31.0 Å². The molecule has 0 saturated carbocycles. The molecule has 0 spiro atoms. The summed E-state index contributed by atoms with van der Waals surface area (Å²) in [6.07, 6.45) is 0. The summed E-state index contributed by atoms with van der Waals surface area (Å²) < 4.78 is 6.79. The van der Waals surface area contributed by atoms with Crippen LogP contribution in [0.5, 0.6) is 11.5 Å². The normalized spacial score (nSPS) is 14.6. The van der Waals surface area contributed by atoms with Crippen molar-refractivity contribution in [3.05, 3.63) is 70.0 Å². The van der Waals surface area contributed by atoms with E-state index >= 15 is 0 Å². The molecule has 10 nitrogen and oxygen atoms in total. The number of aromatic nitrogens is 6. The summed E-state index contributed by atoms with van der Waals surface area (Å²) in [5.74, 6) is 1.13. The van der Waals surface area contributed by atoms with Crippen LogP contribution in [0.1, 0.15) is 17.2 Å². The van der Waals surface area contributed by atoms with Crippen molar-refractivity contribution in [3.8, 4) is 22.8 Å². The Hall–Kier alpha value is -4.21. The predicted octanol–water partition coefficient (Wildman–Crippen LogP) is 1.83. The van der Waals surface area contributed by atoms with Gasteiger partial charge in [0, 0.05) is 11.1 Å². The van der Waals surface area contributed by atoms with Crippen molar-refractivity contribution >= 4 is 11.6 Å². The third-order valence-corrected chi connectivity index (χ3v) is 4.82. The largest absolute Gasteiger partial charge is 0.508 e. The standard InChI is InChI=1S/C19H15N7O3/c1-29-13-7-5-10(6-8-13)15-14-16(18(28)22-21-15)20-19-23-24-25-26(19)17(14)11-3-2-4-12(27)9-11/h2-9,17,27H,1H3,(H,22,28)(H,20,23,25)/t17-/m1/s1. The van der Waals surface area contributed by atoms with Gasteiger partial charge in [-0.05, 0) is 52.4 Å². The van der Waals surface area contributed by atoms with Crippen LogP contribution in [0.15, 0.2) is 53.3 Å². The second-order valence-electron chi connectivity index (χ2n) is 6.49. The maximum atomic E-state index is 12.6. The maximum absolute atomic E-state index is 12.6. The van der Waals surface area contributed by atoms with Crippen LogP contribution >= 0.6 is 0 Å². The Morgan fingerprint density at radius 2 is 2.00 bits per heavy atom. The molecule has 0 bridgehead atoms. The highest BCUT2D eigenvalue weighted by molar-refractivity contribution is 5.75. The topological polar surface area (TPSA) is 131 Å². The third kappa shape index (κ3) is 2.69. The number of nitrogens with zero attached hydrogens (tertiary/aromatic N) is 5. The minimum absolute atomic E-state index is 0.0982. The second-order valence-corrected chi connectivity index (χ2v) is 6.49. The summed E-state index contributed by atoms with van der Waals surface area (Å²) in [6.45, 7) is 0. The van der Waals surface area contributed by atoms with Crippen molar-refractivity contribution in [2.75, 3.05) is 12.4 Å². The molecule has 0 fully saturated rings. The number of methoxy groups -OCH3 is 1. The molecule has 0 radical (unpaired) electrons. The minimum atomic E-state index is -0.560. The molecule has 5 rings (SSSR count). The Bertz CT molecular complexity index is 1260. The number of nitrogens with one attached hydrogen (secondary N) is 2. The van der Waals surface area contributed by atoms with Crippen molar-refractivity contribution in [3.63, 3.8) is 0 Å². The van der Waals surface area contributed by atoms with Gasteiger partial charge in [-0.15, -0.1) is 0 Å². The fraction of sp³-hybridized carbons (Fsp3) is 0.105. The van der Waals surface area contributed by atoms with E-state index in [1.807, 2.05) is 30.3 Å². The first-order valence-corrected chi connectivity index (χ1v) is 8.76. The van der Waals surface area contributed by atoms with Crippen LogP contribution in [-0.4, -0.2) is 42.6 Å². The average Bonchev–Trinajstić information content (AvgIpc) is 3.21. The molecule has 1 aliphatic rings. The number of hydrogen-bond acceptors (Lipinski definition) is 8. The fourth-order valence-electron chi connectivity index (χ4n) is 3.51. The summed E-state index contributed by atoms with van der Waals surface area (Å²) in [4.78, 5) is 12.6. The number of hydrogen-bond donors (Lipinski definition) is 3. The molecule has 0 aliphatic carbocycles. The number of rotatable bonds is 3. The number of aromatic amines is 1. The molecule has 10 heteroatoms. The number of ether oxygens (including phenoxy) is 1. The molecule has 3 heterocycles. The highest BCUT2D eigenvalue weighted by Crippen LogP contribution is 2.41. The molecule has 0 amide bonds. The van der Waals surface area contributed by atoms with E-state index in [0.717, 1.165) is 5.56 Å². The average molecular weight is 389 g/mol. The smallest absolute Gasteiger partial charge is 0.288 e. The Kier molecular flexibility index (Phi) is 3.76. The third-order valence-electron chi connectivity index (χ3n) is 4.82. The minimum Gasteiger partial charge on any atom is -0.508 e. The van der Waals surface area contributed by atoms with Gasteiger partial charge >= 0.3 is 0 Å². The zero-order chi connectivity index (χ0) is 20.0. The van der Waals surface area contributed by atoms with Gasteiger partial charge in [-0.2, -0.15) is 9.78 Å². The zero-order valence-electron chi connectivity index (χ0n) is 15.2. The number of tetrazole rings is 1. The van der Waals surface area contributed by atoms with E-state index in [4.69, 9.17) is 4.74 Å². The number of H-pyrrole nitrogens is 1. The predicted molar refractivity (Wildman–Crippen MR) is 103 cm³/mol. The molecule has 0 unspecified atom stereocenters. The summed E-state index contributed by atoms with van der Waals surface area (Å²) in [5.41, 5.74) is 2.57. The highest BCUT2D eigenvalue weighted by atomic mass is 16.5. The number of benzene rings is 2. The van der Waals surface area contributed by atoms with E-state index in [9.17, 15) is 9.90 Å². The summed E-state index contributed by atoms with van der Waals surface area (Å²) >= 11 is 0. The summed E-state index contributed by atoms with van der Waals surface area (Å²) in [7, 11) is 1.59. The number of fused-ring (bicyclic) bond motifs is 2. The van der Waals surface area contributed by atoms with Gasteiger partial charge in [0.2, 0.25) is 5.95 Å². The Labute approximate surface area is 163 Å². The van der Waals surface area contributed by atoms with Crippen molar-refractivity contribution in [1.29, 1.82) is 0 Å². The molecular formula is C19H15N7O3. The van der Waals surface area contributed by atoms with Crippen molar-refractivity contribution < 1.29 is 9.84 Å². The quantitative estimate of drug-likeness (QED) is 0.426. The van der Waals surface area contributed by atoms with Crippen molar-refractivity contribution in [2.24, 2.45) is 0 Å². The van der Waals surface area contributed by atoms with Gasteiger partial charge in [-0.3, -0.25) is 4.79 Å². The maximum Gasteiger partial charge on any atom is 0.288 e.